The van der Waals surface area contributed by atoms with Gasteiger partial charge in [0.1, 0.15) is 5.82 Å². The van der Waals surface area contributed by atoms with E-state index in [1.54, 1.807) is 24.3 Å². The highest BCUT2D eigenvalue weighted by Crippen LogP contribution is 2.22. The lowest BCUT2D eigenvalue weighted by Crippen LogP contribution is -2.32. The number of amides is 1. The number of carbonyl (C=O) groups excluding carboxylic acids is 2. The Morgan fingerprint density at radius 1 is 1.04 bits per heavy atom. The summed E-state index contributed by atoms with van der Waals surface area (Å²) in [4.78, 5) is 32.0. The zero-order valence-electron chi connectivity index (χ0n) is 14.9. The summed E-state index contributed by atoms with van der Waals surface area (Å²) in [7, 11) is 1.32. The van der Waals surface area contributed by atoms with Gasteiger partial charge in [-0.25, -0.2) is 9.78 Å². The molecule has 0 spiro atoms. The number of para-hydroxylation sites is 2. The van der Waals surface area contributed by atoms with Gasteiger partial charge in [0, 0.05) is 5.56 Å². The molecular formula is C20H21N3O3. The maximum atomic E-state index is 12.6. The normalized spacial score (nSPS) is 12.2. The molecule has 2 N–H and O–H groups in total. The number of rotatable bonds is 5. The van der Waals surface area contributed by atoms with Gasteiger partial charge in [0.25, 0.3) is 5.91 Å². The van der Waals surface area contributed by atoms with Gasteiger partial charge in [-0.05, 0) is 42.3 Å². The molecule has 0 radical (unpaired) electrons. The number of H-pyrrole nitrogens is 1. The van der Waals surface area contributed by atoms with Gasteiger partial charge in [-0.3, -0.25) is 4.79 Å². The quantitative estimate of drug-likeness (QED) is 0.689. The van der Waals surface area contributed by atoms with E-state index in [4.69, 9.17) is 0 Å². The molecule has 0 aliphatic rings. The molecule has 0 saturated heterocycles. The summed E-state index contributed by atoms with van der Waals surface area (Å²) in [5.41, 5.74) is 2.68. The molecule has 134 valence electrons. The van der Waals surface area contributed by atoms with E-state index >= 15 is 0 Å². The van der Waals surface area contributed by atoms with Crippen molar-refractivity contribution in [3.05, 3.63) is 65.5 Å². The molecule has 0 aliphatic heterocycles. The van der Waals surface area contributed by atoms with E-state index in [0.717, 1.165) is 16.9 Å². The summed E-state index contributed by atoms with van der Waals surface area (Å²) in [6.07, 6.45) is 0. The van der Waals surface area contributed by atoms with Crippen LogP contribution in [0.3, 0.4) is 0 Å². The van der Waals surface area contributed by atoms with Crippen LogP contribution in [0.2, 0.25) is 0 Å². The van der Waals surface area contributed by atoms with E-state index in [-0.39, 0.29) is 17.9 Å². The molecule has 1 unspecified atom stereocenters. The van der Waals surface area contributed by atoms with Crippen molar-refractivity contribution in [2.45, 2.75) is 19.9 Å². The zero-order chi connectivity index (χ0) is 18.7. The summed E-state index contributed by atoms with van der Waals surface area (Å²) in [6, 6.07) is 13.9. The molecule has 1 heterocycles. The lowest BCUT2D eigenvalue weighted by Gasteiger charge is -2.20. The Morgan fingerprint density at radius 3 is 2.31 bits per heavy atom. The van der Waals surface area contributed by atoms with Crippen LogP contribution in [0.4, 0.5) is 0 Å². The molecule has 2 aromatic carbocycles. The standard InChI is InChI=1S/C20H21N3O3/c1-12(2)17(18-21-15-6-4-5-7-16(15)22-18)23-19(24)13-8-10-14(11-9-13)20(25)26-3/h4-12,17H,1-3H3,(H,21,22)(H,23,24). The fraction of sp³-hybridized carbons (Fsp3) is 0.250. The number of fused-ring (bicyclic) bond motifs is 1. The van der Waals surface area contributed by atoms with E-state index < -0.39 is 5.97 Å². The summed E-state index contributed by atoms with van der Waals surface area (Å²) in [5.74, 6) is 0.217. The second-order valence-corrected chi connectivity index (χ2v) is 6.40. The molecule has 1 amide bonds. The maximum Gasteiger partial charge on any atom is 0.337 e. The van der Waals surface area contributed by atoms with Crippen molar-refractivity contribution >= 4 is 22.9 Å². The van der Waals surface area contributed by atoms with Crippen LogP contribution in [0, 0.1) is 5.92 Å². The lowest BCUT2D eigenvalue weighted by atomic mass is 10.0. The SMILES string of the molecule is COC(=O)c1ccc(C(=O)NC(c2nc3ccccc3[nH]2)C(C)C)cc1. The number of methoxy groups -OCH3 is 1. The third-order valence-corrected chi connectivity index (χ3v) is 4.22. The fourth-order valence-corrected chi connectivity index (χ4v) is 2.77. The second kappa shape index (κ2) is 7.39. The Labute approximate surface area is 151 Å². The van der Waals surface area contributed by atoms with Crippen LogP contribution < -0.4 is 5.32 Å². The Balaban J connectivity index is 1.81. The molecule has 26 heavy (non-hydrogen) atoms. The van der Waals surface area contributed by atoms with Crippen molar-refractivity contribution in [3.8, 4) is 0 Å². The number of aromatic nitrogens is 2. The molecule has 0 bridgehead atoms. The largest absolute Gasteiger partial charge is 0.465 e. The van der Waals surface area contributed by atoms with Gasteiger partial charge in [-0.1, -0.05) is 26.0 Å². The van der Waals surface area contributed by atoms with Gasteiger partial charge in [0.05, 0.1) is 29.7 Å². The summed E-state index contributed by atoms with van der Waals surface area (Å²) < 4.78 is 4.67. The van der Waals surface area contributed by atoms with Crippen molar-refractivity contribution in [1.82, 2.24) is 15.3 Å². The highest BCUT2D eigenvalue weighted by Gasteiger charge is 2.22. The predicted octanol–water partition coefficient (Wildman–Crippen LogP) is 3.48. The average molecular weight is 351 g/mol. The number of hydrogen-bond donors (Lipinski definition) is 2. The lowest BCUT2D eigenvalue weighted by molar-refractivity contribution is 0.0600. The molecule has 1 aromatic heterocycles. The maximum absolute atomic E-state index is 12.6. The first-order chi connectivity index (χ1) is 12.5. The highest BCUT2D eigenvalue weighted by atomic mass is 16.5. The number of aromatic amines is 1. The first-order valence-electron chi connectivity index (χ1n) is 8.43. The van der Waals surface area contributed by atoms with E-state index in [1.807, 2.05) is 38.1 Å². The van der Waals surface area contributed by atoms with Crippen molar-refractivity contribution < 1.29 is 14.3 Å². The van der Waals surface area contributed by atoms with Crippen molar-refractivity contribution in [2.24, 2.45) is 5.92 Å². The van der Waals surface area contributed by atoms with Gasteiger partial charge in [0.2, 0.25) is 0 Å². The zero-order valence-corrected chi connectivity index (χ0v) is 14.9. The van der Waals surface area contributed by atoms with Gasteiger partial charge in [-0.15, -0.1) is 0 Å². The van der Waals surface area contributed by atoms with Gasteiger partial charge in [0.15, 0.2) is 0 Å². The number of nitrogens with zero attached hydrogens (tertiary/aromatic N) is 1. The average Bonchev–Trinajstić information content (AvgIpc) is 3.08. The van der Waals surface area contributed by atoms with Crippen LogP contribution in [0.5, 0.6) is 0 Å². The number of benzene rings is 2. The highest BCUT2D eigenvalue weighted by molar-refractivity contribution is 5.96. The topological polar surface area (TPSA) is 84.1 Å². The van der Waals surface area contributed by atoms with Crippen LogP contribution in [-0.4, -0.2) is 29.0 Å². The smallest absolute Gasteiger partial charge is 0.337 e. The van der Waals surface area contributed by atoms with Gasteiger partial charge in [-0.2, -0.15) is 0 Å². The molecule has 6 heteroatoms. The molecule has 3 rings (SSSR count). The summed E-state index contributed by atoms with van der Waals surface area (Å²) >= 11 is 0. The van der Waals surface area contributed by atoms with E-state index in [2.05, 4.69) is 20.0 Å². The van der Waals surface area contributed by atoms with E-state index in [1.165, 1.54) is 7.11 Å². The van der Waals surface area contributed by atoms with Crippen molar-refractivity contribution in [1.29, 1.82) is 0 Å². The summed E-state index contributed by atoms with van der Waals surface area (Å²) in [5, 5.41) is 3.02. The Kier molecular flexibility index (Phi) is 5.02. The summed E-state index contributed by atoms with van der Waals surface area (Å²) in [6.45, 7) is 4.05. The number of carbonyl (C=O) groups is 2. The third-order valence-electron chi connectivity index (χ3n) is 4.22. The molecule has 0 aliphatic carbocycles. The molecular weight excluding hydrogens is 330 g/mol. The van der Waals surface area contributed by atoms with Crippen LogP contribution in [0.25, 0.3) is 11.0 Å². The molecule has 0 fully saturated rings. The van der Waals surface area contributed by atoms with Crippen LogP contribution in [0.1, 0.15) is 46.4 Å². The number of ether oxygens (including phenoxy) is 1. The molecule has 3 aromatic rings. The molecule has 1 atom stereocenters. The number of hydrogen-bond acceptors (Lipinski definition) is 4. The molecule has 0 saturated carbocycles. The first-order valence-corrected chi connectivity index (χ1v) is 8.43. The minimum absolute atomic E-state index is 0.147. The monoisotopic (exact) mass is 351 g/mol. The van der Waals surface area contributed by atoms with E-state index in [9.17, 15) is 9.59 Å². The number of nitrogens with one attached hydrogen (secondary N) is 2. The predicted molar refractivity (Wildman–Crippen MR) is 98.9 cm³/mol. The van der Waals surface area contributed by atoms with Gasteiger partial charge >= 0.3 is 5.97 Å². The van der Waals surface area contributed by atoms with Crippen LogP contribution in [0.15, 0.2) is 48.5 Å². The Hall–Kier alpha value is -3.15. The minimum Gasteiger partial charge on any atom is -0.465 e. The first kappa shape index (κ1) is 17.7. The van der Waals surface area contributed by atoms with Crippen molar-refractivity contribution in [3.63, 3.8) is 0 Å². The number of imidazole rings is 1. The van der Waals surface area contributed by atoms with Crippen LogP contribution >= 0.6 is 0 Å². The second-order valence-electron chi connectivity index (χ2n) is 6.40. The third kappa shape index (κ3) is 3.59. The Bertz CT molecular complexity index is 896. The number of esters is 1. The van der Waals surface area contributed by atoms with Crippen molar-refractivity contribution in [2.75, 3.05) is 7.11 Å². The minimum atomic E-state index is -0.431. The van der Waals surface area contributed by atoms with Gasteiger partial charge < -0.3 is 15.0 Å². The Morgan fingerprint density at radius 2 is 1.69 bits per heavy atom. The van der Waals surface area contributed by atoms with E-state index in [0.29, 0.717) is 11.1 Å². The molecule has 6 nitrogen and oxygen atoms in total. The fourth-order valence-electron chi connectivity index (χ4n) is 2.77. The van der Waals surface area contributed by atoms with Crippen LogP contribution in [-0.2, 0) is 4.74 Å².